The monoisotopic (exact) mass is 224 g/mol. The average molecular weight is 224 g/mol. The van der Waals surface area contributed by atoms with Crippen LogP contribution in [0.15, 0.2) is 24.3 Å². The predicted molar refractivity (Wildman–Crippen MR) is 61.9 cm³/mol. The SMILES string of the molecule is N#Cc1ccc(C2(C#N)CCC(=O)CC2)cc1. The Morgan fingerprint density at radius 2 is 1.65 bits per heavy atom. The van der Waals surface area contributed by atoms with E-state index in [1.54, 1.807) is 12.1 Å². The van der Waals surface area contributed by atoms with Gasteiger partial charge in [-0.1, -0.05) is 12.1 Å². The Morgan fingerprint density at radius 1 is 1.06 bits per heavy atom. The fourth-order valence-electron chi connectivity index (χ4n) is 2.28. The first-order chi connectivity index (χ1) is 8.20. The molecule has 0 aromatic heterocycles. The second-order valence-corrected chi connectivity index (χ2v) is 4.42. The molecule has 1 aromatic rings. The van der Waals surface area contributed by atoms with Gasteiger partial charge in [-0.15, -0.1) is 0 Å². The lowest BCUT2D eigenvalue weighted by atomic mass is 9.70. The van der Waals surface area contributed by atoms with E-state index in [2.05, 4.69) is 12.1 Å². The smallest absolute Gasteiger partial charge is 0.133 e. The van der Waals surface area contributed by atoms with E-state index >= 15 is 0 Å². The molecule has 1 fully saturated rings. The van der Waals surface area contributed by atoms with Crippen molar-refractivity contribution < 1.29 is 4.79 Å². The summed E-state index contributed by atoms with van der Waals surface area (Å²) in [4.78, 5) is 11.2. The zero-order chi connectivity index (χ0) is 12.3. The topological polar surface area (TPSA) is 64.7 Å². The molecule has 1 aliphatic carbocycles. The number of nitriles is 2. The Balaban J connectivity index is 2.32. The minimum atomic E-state index is -0.540. The van der Waals surface area contributed by atoms with Crippen molar-refractivity contribution >= 4 is 5.78 Å². The standard InChI is InChI=1S/C14H12N2O/c15-9-11-1-3-12(4-2-11)14(10-16)7-5-13(17)6-8-14/h1-4H,5-8H2. The Bertz CT molecular complexity index is 507. The first-order valence-corrected chi connectivity index (χ1v) is 5.64. The van der Waals surface area contributed by atoms with Gasteiger partial charge < -0.3 is 0 Å². The van der Waals surface area contributed by atoms with Crippen LogP contribution in [0.2, 0.25) is 0 Å². The summed E-state index contributed by atoms with van der Waals surface area (Å²) in [5, 5.41) is 18.1. The summed E-state index contributed by atoms with van der Waals surface area (Å²) in [6.07, 6.45) is 2.14. The molecule has 17 heavy (non-hydrogen) atoms. The van der Waals surface area contributed by atoms with Crippen LogP contribution < -0.4 is 0 Å². The molecule has 3 heteroatoms. The second-order valence-electron chi connectivity index (χ2n) is 4.42. The molecule has 0 atom stereocenters. The first kappa shape index (κ1) is 11.4. The van der Waals surface area contributed by atoms with Gasteiger partial charge in [-0.25, -0.2) is 0 Å². The number of ketones is 1. The van der Waals surface area contributed by atoms with Crippen LogP contribution in [0, 0.1) is 22.7 Å². The molecular formula is C14H12N2O. The number of rotatable bonds is 1. The van der Waals surface area contributed by atoms with Gasteiger partial charge in [0.05, 0.1) is 23.1 Å². The van der Waals surface area contributed by atoms with E-state index in [0.717, 1.165) is 5.56 Å². The highest BCUT2D eigenvalue weighted by molar-refractivity contribution is 5.80. The molecule has 0 amide bonds. The molecule has 3 nitrogen and oxygen atoms in total. The Labute approximate surface area is 100 Å². The van der Waals surface area contributed by atoms with Gasteiger partial charge in [0, 0.05) is 12.8 Å². The van der Waals surface area contributed by atoms with Crippen molar-refractivity contribution in [3.05, 3.63) is 35.4 Å². The molecule has 1 saturated carbocycles. The fourth-order valence-corrected chi connectivity index (χ4v) is 2.28. The lowest BCUT2D eigenvalue weighted by molar-refractivity contribution is -0.120. The number of Topliss-reactive ketones (excluding diaryl/α,β-unsaturated/α-hetero) is 1. The molecule has 2 rings (SSSR count). The van der Waals surface area contributed by atoms with Crippen molar-refractivity contribution in [2.75, 3.05) is 0 Å². The molecule has 1 aromatic carbocycles. The van der Waals surface area contributed by atoms with Gasteiger partial charge in [-0.05, 0) is 30.5 Å². The zero-order valence-corrected chi connectivity index (χ0v) is 9.44. The number of carbonyl (C=O) groups is 1. The third-order valence-electron chi connectivity index (χ3n) is 3.44. The molecule has 0 aliphatic heterocycles. The number of hydrogen-bond acceptors (Lipinski definition) is 3. The highest BCUT2D eigenvalue weighted by atomic mass is 16.1. The van der Waals surface area contributed by atoms with Gasteiger partial charge in [0.15, 0.2) is 0 Å². The van der Waals surface area contributed by atoms with E-state index < -0.39 is 5.41 Å². The predicted octanol–water partition coefficient (Wildman–Crippen LogP) is 2.46. The van der Waals surface area contributed by atoms with E-state index in [4.69, 9.17) is 5.26 Å². The number of nitrogens with zero attached hydrogens (tertiary/aromatic N) is 2. The molecule has 0 unspecified atom stereocenters. The van der Waals surface area contributed by atoms with E-state index in [-0.39, 0.29) is 5.78 Å². The van der Waals surface area contributed by atoms with Gasteiger partial charge >= 0.3 is 0 Å². The molecule has 0 spiro atoms. The third-order valence-corrected chi connectivity index (χ3v) is 3.44. The largest absolute Gasteiger partial charge is 0.300 e. The summed E-state index contributed by atoms with van der Waals surface area (Å²) in [5.41, 5.74) is 0.974. The third kappa shape index (κ3) is 2.05. The van der Waals surface area contributed by atoms with E-state index in [0.29, 0.717) is 31.2 Å². The van der Waals surface area contributed by atoms with Crippen molar-refractivity contribution in [1.29, 1.82) is 10.5 Å². The summed E-state index contributed by atoms with van der Waals surface area (Å²) in [6.45, 7) is 0. The maximum Gasteiger partial charge on any atom is 0.133 e. The summed E-state index contributed by atoms with van der Waals surface area (Å²) in [6, 6.07) is 11.5. The zero-order valence-electron chi connectivity index (χ0n) is 9.44. The first-order valence-electron chi connectivity index (χ1n) is 5.64. The van der Waals surface area contributed by atoms with Crippen molar-refractivity contribution in [3.63, 3.8) is 0 Å². The van der Waals surface area contributed by atoms with Gasteiger partial charge in [-0.2, -0.15) is 10.5 Å². The van der Waals surface area contributed by atoms with Crippen molar-refractivity contribution in [3.8, 4) is 12.1 Å². The van der Waals surface area contributed by atoms with Crippen LogP contribution >= 0.6 is 0 Å². The molecule has 0 bridgehead atoms. The maximum absolute atomic E-state index is 11.2. The highest BCUT2D eigenvalue weighted by Crippen LogP contribution is 2.37. The lowest BCUT2D eigenvalue weighted by Crippen LogP contribution is -2.30. The Morgan fingerprint density at radius 3 is 2.12 bits per heavy atom. The molecular weight excluding hydrogens is 212 g/mol. The molecule has 0 N–H and O–H groups in total. The summed E-state index contributed by atoms with van der Waals surface area (Å²) in [7, 11) is 0. The Hall–Kier alpha value is -2.13. The number of carbonyl (C=O) groups excluding carboxylic acids is 1. The van der Waals surface area contributed by atoms with Crippen molar-refractivity contribution in [2.24, 2.45) is 0 Å². The summed E-state index contributed by atoms with van der Waals surface area (Å²) < 4.78 is 0. The van der Waals surface area contributed by atoms with Crippen LogP contribution in [-0.4, -0.2) is 5.78 Å². The average Bonchev–Trinajstić information content (AvgIpc) is 2.40. The van der Waals surface area contributed by atoms with Crippen LogP contribution in [0.25, 0.3) is 0 Å². The van der Waals surface area contributed by atoms with Crippen LogP contribution in [0.3, 0.4) is 0 Å². The fraction of sp³-hybridized carbons (Fsp3) is 0.357. The number of benzene rings is 1. The van der Waals surface area contributed by atoms with Crippen LogP contribution in [0.4, 0.5) is 0 Å². The van der Waals surface area contributed by atoms with Crippen molar-refractivity contribution in [1.82, 2.24) is 0 Å². The van der Waals surface area contributed by atoms with Gasteiger partial charge in [-0.3, -0.25) is 4.79 Å². The van der Waals surface area contributed by atoms with Crippen molar-refractivity contribution in [2.45, 2.75) is 31.1 Å². The highest BCUT2D eigenvalue weighted by Gasteiger charge is 2.36. The van der Waals surface area contributed by atoms with E-state index in [9.17, 15) is 10.1 Å². The van der Waals surface area contributed by atoms with Crippen LogP contribution in [0.1, 0.15) is 36.8 Å². The number of hydrogen-bond donors (Lipinski definition) is 0. The van der Waals surface area contributed by atoms with E-state index in [1.807, 2.05) is 12.1 Å². The minimum absolute atomic E-state index is 0.240. The molecule has 0 saturated heterocycles. The van der Waals surface area contributed by atoms with Crippen LogP contribution in [0.5, 0.6) is 0 Å². The maximum atomic E-state index is 11.2. The van der Waals surface area contributed by atoms with Gasteiger partial charge in [0.1, 0.15) is 5.78 Å². The lowest BCUT2D eigenvalue weighted by Gasteiger charge is -2.30. The van der Waals surface area contributed by atoms with Gasteiger partial charge in [0.2, 0.25) is 0 Å². The normalized spacial score (nSPS) is 18.1. The second kappa shape index (κ2) is 4.39. The quantitative estimate of drug-likeness (QED) is 0.736. The minimum Gasteiger partial charge on any atom is -0.300 e. The summed E-state index contributed by atoms with van der Waals surface area (Å²) in [5.74, 6) is 0.240. The van der Waals surface area contributed by atoms with Gasteiger partial charge in [0.25, 0.3) is 0 Å². The van der Waals surface area contributed by atoms with E-state index in [1.165, 1.54) is 0 Å². The summed E-state index contributed by atoms with van der Waals surface area (Å²) >= 11 is 0. The molecule has 0 heterocycles. The molecule has 0 radical (unpaired) electrons. The molecule has 84 valence electrons. The van der Waals surface area contributed by atoms with Crippen LogP contribution in [-0.2, 0) is 10.2 Å². The molecule has 1 aliphatic rings. The Kier molecular flexibility index (Phi) is 2.93.